The van der Waals surface area contributed by atoms with E-state index in [-0.39, 0.29) is 30.0 Å². The van der Waals surface area contributed by atoms with Gasteiger partial charge in [0.25, 0.3) is 0 Å². The molecule has 0 radical (unpaired) electrons. The number of halogens is 2. The van der Waals surface area contributed by atoms with Crippen molar-refractivity contribution in [2.24, 2.45) is 10.9 Å². The van der Waals surface area contributed by atoms with Gasteiger partial charge in [0.05, 0.1) is 18.6 Å². The molecule has 2 heterocycles. The summed E-state index contributed by atoms with van der Waals surface area (Å²) in [6.45, 7) is 6.64. The molecule has 0 aromatic heterocycles. The van der Waals surface area contributed by atoms with E-state index in [2.05, 4.69) is 64.3 Å². The monoisotopic (exact) mass is 463 g/mol. The van der Waals surface area contributed by atoms with E-state index in [1.54, 1.807) is 0 Å². The highest BCUT2D eigenvalue weighted by Crippen LogP contribution is 2.26. The summed E-state index contributed by atoms with van der Waals surface area (Å²) in [5.41, 5.74) is 1.30. The molecule has 3 atom stereocenters. The first kappa shape index (κ1) is 17.1. The Bertz CT molecular complexity index is 503. The average molecular weight is 464 g/mol. The van der Waals surface area contributed by atoms with Crippen molar-refractivity contribution in [1.82, 2.24) is 10.2 Å². The van der Waals surface area contributed by atoms with E-state index < -0.39 is 0 Å². The summed E-state index contributed by atoms with van der Waals surface area (Å²) in [6.07, 6.45) is 2.62. The van der Waals surface area contributed by atoms with Gasteiger partial charge in [-0.3, -0.25) is 4.99 Å². The summed E-state index contributed by atoms with van der Waals surface area (Å²) in [4.78, 5) is 7.20. The van der Waals surface area contributed by atoms with Crippen LogP contribution in [0.15, 0.2) is 33.7 Å². The number of guanidine groups is 1. The Morgan fingerprint density at radius 1 is 1.29 bits per heavy atom. The molecule has 21 heavy (non-hydrogen) atoms. The molecule has 0 bridgehead atoms. The molecule has 1 aromatic rings. The van der Waals surface area contributed by atoms with Crippen LogP contribution in [0, 0.1) is 5.92 Å². The van der Waals surface area contributed by atoms with Crippen LogP contribution >= 0.6 is 39.9 Å². The Labute approximate surface area is 152 Å². The standard InChI is InChI=1S/C16H22BrN3.HI/c1-11-3-8-15-9-18-16(20(15)10-11)19-12(2)13-4-6-14(17)7-5-13;/h4-7,11-12,15H,3,8-10H2,1-2H3,(H,18,19);1H. The van der Waals surface area contributed by atoms with Gasteiger partial charge >= 0.3 is 0 Å². The van der Waals surface area contributed by atoms with Gasteiger partial charge in [-0.15, -0.1) is 24.0 Å². The van der Waals surface area contributed by atoms with Crippen molar-refractivity contribution in [1.29, 1.82) is 0 Å². The first-order valence-corrected chi connectivity index (χ1v) is 8.26. The molecule has 0 spiro atoms. The van der Waals surface area contributed by atoms with Gasteiger partial charge in [0.1, 0.15) is 0 Å². The summed E-state index contributed by atoms with van der Waals surface area (Å²) in [5, 5.41) is 3.59. The fraction of sp³-hybridized carbons (Fsp3) is 0.562. The van der Waals surface area contributed by atoms with Crippen LogP contribution in [0.1, 0.15) is 38.3 Å². The number of nitrogens with zero attached hydrogens (tertiary/aromatic N) is 2. The number of fused-ring (bicyclic) bond motifs is 1. The predicted molar refractivity (Wildman–Crippen MR) is 102 cm³/mol. The van der Waals surface area contributed by atoms with Crippen LogP contribution < -0.4 is 5.32 Å². The van der Waals surface area contributed by atoms with Crippen molar-refractivity contribution in [3.8, 4) is 0 Å². The van der Waals surface area contributed by atoms with Crippen LogP contribution in [0.4, 0.5) is 0 Å². The van der Waals surface area contributed by atoms with Crippen molar-refractivity contribution in [3.63, 3.8) is 0 Å². The summed E-state index contributed by atoms with van der Waals surface area (Å²) >= 11 is 3.48. The zero-order chi connectivity index (χ0) is 14.1. The second-order valence-corrected chi connectivity index (χ2v) is 6.99. The number of rotatable bonds is 2. The lowest BCUT2D eigenvalue weighted by Crippen LogP contribution is -2.48. The van der Waals surface area contributed by atoms with E-state index in [0.29, 0.717) is 6.04 Å². The molecule has 0 aliphatic carbocycles. The zero-order valence-corrected chi connectivity index (χ0v) is 16.5. The van der Waals surface area contributed by atoms with Gasteiger partial charge in [-0.05, 0) is 43.4 Å². The molecule has 2 aliphatic heterocycles. The Morgan fingerprint density at radius 2 is 2.00 bits per heavy atom. The lowest BCUT2D eigenvalue weighted by molar-refractivity contribution is 0.210. The maximum atomic E-state index is 4.72. The molecule has 2 aliphatic rings. The maximum absolute atomic E-state index is 4.72. The third-order valence-electron chi connectivity index (χ3n) is 4.38. The topological polar surface area (TPSA) is 27.6 Å². The third kappa shape index (κ3) is 3.92. The maximum Gasteiger partial charge on any atom is 0.194 e. The van der Waals surface area contributed by atoms with Crippen molar-refractivity contribution in [2.45, 2.75) is 38.8 Å². The van der Waals surface area contributed by atoms with Crippen LogP contribution in [-0.4, -0.2) is 30.0 Å². The molecule has 3 rings (SSSR count). The highest BCUT2D eigenvalue weighted by Gasteiger charge is 2.33. The number of hydrogen-bond donors (Lipinski definition) is 1. The molecule has 0 amide bonds. The van der Waals surface area contributed by atoms with Crippen LogP contribution in [-0.2, 0) is 0 Å². The fourth-order valence-corrected chi connectivity index (χ4v) is 3.36. The van der Waals surface area contributed by atoms with E-state index in [1.807, 2.05) is 0 Å². The van der Waals surface area contributed by atoms with Gasteiger partial charge in [0, 0.05) is 11.0 Å². The Hall–Kier alpha value is -0.300. The average Bonchev–Trinajstić information content (AvgIpc) is 2.82. The van der Waals surface area contributed by atoms with Crippen molar-refractivity contribution >= 4 is 45.9 Å². The van der Waals surface area contributed by atoms with Crippen molar-refractivity contribution in [3.05, 3.63) is 34.3 Å². The summed E-state index contributed by atoms with van der Waals surface area (Å²) in [5.74, 6) is 1.87. The van der Waals surface area contributed by atoms with Crippen molar-refractivity contribution < 1.29 is 0 Å². The Balaban J connectivity index is 0.00000161. The SMILES string of the molecule is CC1CCC2CN=C(NC(C)c3ccc(Br)cc3)N2C1.I. The van der Waals surface area contributed by atoms with Gasteiger partial charge in [-0.25, -0.2) is 0 Å². The fourth-order valence-electron chi connectivity index (χ4n) is 3.10. The van der Waals surface area contributed by atoms with E-state index in [9.17, 15) is 0 Å². The molecule has 0 saturated carbocycles. The Morgan fingerprint density at radius 3 is 2.71 bits per heavy atom. The number of piperidine rings is 1. The van der Waals surface area contributed by atoms with Gasteiger partial charge in [-0.2, -0.15) is 0 Å². The lowest BCUT2D eigenvalue weighted by atomic mass is 9.95. The van der Waals surface area contributed by atoms with Gasteiger partial charge in [-0.1, -0.05) is 35.0 Å². The van der Waals surface area contributed by atoms with Crippen LogP contribution in [0.2, 0.25) is 0 Å². The largest absolute Gasteiger partial charge is 0.350 e. The number of hydrogen-bond acceptors (Lipinski definition) is 3. The van der Waals surface area contributed by atoms with E-state index in [4.69, 9.17) is 4.99 Å². The molecular formula is C16H23BrIN3. The molecule has 1 saturated heterocycles. The second-order valence-electron chi connectivity index (χ2n) is 6.07. The highest BCUT2D eigenvalue weighted by atomic mass is 127. The van der Waals surface area contributed by atoms with E-state index in [1.165, 1.54) is 18.4 Å². The van der Waals surface area contributed by atoms with Crippen molar-refractivity contribution in [2.75, 3.05) is 13.1 Å². The first-order valence-electron chi connectivity index (χ1n) is 7.46. The molecule has 1 fully saturated rings. The molecular weight excluding hydrogens is 441 g/mol. The molecule has 5 heteroatoms. The normalized spacial score (nSPS) is 25.7. The highest BCUT2D eigenvalue weighted by molar-refractivity contribution is 14.0. The lowest BCUT2D eigenvalue weighted by Gasteiger charge is -2.36. The summed E-state index contributed by atoms with van der Waals surface area (Å²) < 4.78 is 1.12. The van der Waals surface area contributed by atoms with E-state index >= 15 is 0 Å². The molecule has 3 unspecified atom stereocenters. The summed E-state index contributed by atoms with van der Waals surface area (Å²) in [7, 11) is 0. The summed E-state index contributed by atoms with van der Waals surface area (Å²) in [6, 6.07) is 9.43. The Kier molecular flexibility index (Phi) is 5.94. The molecule has 3 nitrogen and oxygen atoms in total. The minimum absolute atomic E-state index is 0. The van der Waals surface area contributed by atoms with Crippen LogP contribution in [0.5, 0.6) is 0 Å². The minimum Gasteiger partial charge on any atom is -0.350 e. The number of aliphatic imine (C=N–C) groups is 1. The van der Waals surface area contributed by atoms with Gasteiger partial charge in [0.15, 0.2) is 5.96 Å². The molecule has 1 aromatic carbocycles. The van der Waals surface area contributed by atoms with Crippen LogP contribution in [0.25, 0.3) is 0 Å². The van der Waals surface area contributed by atoms with Gasteiger partial charge in [0.2, 0.25) is 0 Å². The van der Waals surface area contributed by atoms with Gasteiger partial charge < -0.3 is 10.2 Å². The smallest absolute Gasteiger partial charge is 0.194 e. The molecule has 1 N–H and O–H groups in total. The molecule has 116 valence electrons. The van der Waals surface area contributed by atoms with E-state index in [0.717, 1.165) is 29.4 Å². The van der Waals surface area contributed by atoms with Crippen LogP contribution in [0.3, 0.4) is 0 Å². The first-order chi connectivity index (χ1) is 9.63. The quantitative estimate of drug-likeness (QED) is 0.666. The minimum atomic E-state index is 0. The number of nitrogens with one attached hydrogen (secondary N) is 1. The zero-order valence-electron chi connectivity index (χ0n) is 12.6. The third-order valence-corrected chi connectivity index (χ3v) is 4.91. The predicted octanol–water partition coefficient (Wildman–Crippen LogP) is 4.19. The number of benzene rings is 1. The second kappa shape index (κ2) is 7.31.